The second-order valence-electron chi connectivity index (χ2n) is 4.24. The van der Waals surface area contributed by atoms with Crippen LogP contribution in [0.25, 0.3) is 0 Å². The van der Waals surface area contributed by atoms with Gasteiger partial charge in [0.1, 0.15) is 0 Å². The van der Waals surface area contributed by atoms with Gasteiger partial charge in [0, 0.05) is 18.6 Å². The largest absolute Gasteiger partial charge is 0.493 e. The topological polar surface area (TPSA) is 35.5 Å². The first kappa shape index (κ1) is 14.8. The Morgan fingerprint density at radius 3 is 2.50 bits per heavy atom. The van der Waals surface area contributed by atoms with Gasteiger partial charge in [0.25, 0.3) is 0 Å². The van der Waals surface area contributed by atoms with Gasteiger partial charge in [0.05, 0.1) is 6.61 Å². The summed E-state index contributed by atoms with van der Waals surface area (Å²) in [5, 5.41) is 0. The van der Waals surface area contributed by atoms with E-state index in [-0.39, 0.29) is 5.78 Å². The zero-order valence-electron chi connectivity index (χ0n) is 11.8. The molecule has 0 amide bonds. The maximum absolute atomic E-state index is 12.1. The lowest BCUT2D eigenvalue weighted by Crippen LogP contribution is -2.52. The predicted octanol–water partition coefficient (Wildman–Crippen LogP) is 2.85. The van der Waals surface area contributed by atoms with Crippen molar-refractivity contribution in [2.24, 2.45) is 0 Å². The van der Waals surface area contributed by atoms with E-state index >= 15 is 0 Å². The number of carbonyl (C=O) groups excluding carboxylic acids is 1. The molecule has 0 aromatic rings. The molecule has 0 heterocycles. The Morgan fingerprint density at radius 1 is 1.22 bits per heavy atom. The van der Waals surface area contributed by atoms with Crippen molar-refractivity contribution in [1.82, 2.24) is 0 Å². The fourth-order valence-corrected chi connectivity index (χ4v) is 1.98. The van der Waals surface area contributed by atoms with Gasteiger partial charge in [0.15, 0.2) is 5.76 Å². The molecule has 0 spiro atoms. The number of ketones is 1. The average Bonchev–Trinajstić information content (AvgIpc) is 2.39. The summed E-state index contributed by atoms with van der Waals surface area (Å²) in [6.07, 6.45) is 2.92. The first-order valence-electron chi connectivity index (χ1n) is 6.66. The molecule has 0 aliphatic heterocycles. The number of unbranched alkanes of at least 4 members (excludes halogenated alkanes) is 2. The van der Waals surface area contributed by atoms with Gasteiger partial charge >= 0.3 is 0 Å². The molecule has 1 unspecified atom stereocenters. The first-order valence-corrected chi connectivity index (χ1v) is 6.66. The molecule has 1 atom stereocenters. The summed E-state index contributed by atoms with van der Waals surface area (Å²) in [6, 6.07) is 0. The monoisotopic (exact) mass is 250 g/mol. The third-order valence-electron chi connectivity index (χ3n) is 2.89. The zero-order chi connectivity index (χ0) is 13.6. The highest BCUT2D eigenvalue weighted by Crippen LogP contribution is 2.38. The molecule has 18 heavy (non-hydrogen) atoms. The molecule has 0 bridgehead atoms. The summed E-state index contributed by atoms with van der Waals surface area (Å²) in [7, 11) is 0. The predicted molar refractivity (Wildman–Crippen MR) is 71.0 cm³/mol. The van der Waals surface area contributed by atoms with E-state index < -0.39 is 5.60 Å². The van der Waals surface area contributed by atoms with E-state index in [2.05, 4.69) is 18.8 Å². The lowest BCUT2D eigenvalue weighted by molar-refractivity contribution is -0.139. The van der Waals surface area contributed by atoms with E-state index in [9.17, 15) is 4.79 Å². The lowest BCUT2D eigenvalue weighted by atomic mass is 9.78. The molecule has 100 valence electrons. The van der Waals surface area contributed by atoms with E-state index in [4.69, 9.17) is 9.47 Å². The van der Waals surface area contributed by atoms with Crippen molar-refractivity contribution in [2.45, 2.75) is 52.6 Å². The molecule has 0 radical (unpaired) electrons. The number of hydrogen-bond donors (Lipinski definition) is 0. The van der Waals surface area contributed by atoms with E-state index in [0.29, 0.717) is 24.5 Å². The van der Waals surface area contributed by atoms with E-state index in [0.717, 1.165) is 19.3 Å². The molecular formula is C15H22O3. The summed E-state index contributed by atoms with van der Waals surface area (Å²) >= 11 is 0. The number of ether oxygens (including phenoxy) is 2. The van der Waals surface area contributed by atoms with Crippen LogP contribution in [0.2, 0.25) is 0 Å². The van der Waals surface area contributed by atoms with Crippen molar-refractivity contribution in [3.05, 3.63) is 11.3 Å². The second kappa shape index (κ2) is 6.61. The van der Waals surface area contributed by atoms with Gasteiger partial charge < -0.3 is 9.47 Å². The molecule has 3 nitrogen and oxygen atoms in total. The molecular weight excluding hydrogens is 228 g/mol. The number of hydrogen-bond acceptors (Lipinski definition) is 3. The summed E-state index contributed by atoms with van der Waals surface area (Å²) in [5.41, 5.74) is -0.488. The molecule has 0 fully saturated rings. The molecule has 0 aromatic carbocycles. The highest BCUT2D eigenvalue weighted by atomic mass is 16.6. The van der Waals surface area contributed by atoms with Gasteiger partial charge in [-0.1, -0.05) is 25.2 Å². The molecule has 1 rings (SSSR count). The Kier molecular flexibility index (Phi) is 5.43. The Morgan fingerprint density at radius 2 is 1.94 bits per heavy atom. The molecule has 1 aliphatic rings. The van der Waals surface area contributed by atoms with Gasteiger partial charge in [-0.05, 0) is 27.2 Å². The number of Topliss-reactive ketones (excluding diaryl/α,β-unsaturated/α-hetero) is 1. The smallest absolute Gasteiger partial charge is 0.249 e. The van der Waals surface area contributed by atoms with Crippen molar-refractivity contribution in [3.8, 4) is 11.8 Å². The third kappa shape index (κ3) is 2.59. The van der Waals surface area contributed by atoms with E-state index in [1.807, 2.05) is 13.8 Å². The van der Waals surface area contributed by atoms with Gasteiger partial charge in [-0.25, -0.2) is 0 Å². The Labute approximate surface area is 110 Å². The number of rotatable bonds is 6. The summed E-state index contributed by atoms with van der Waals surface area (Å²) in [6.45, 7) is 8.59. The molecule has 3 heteroatoms. The maximum Gasteiger partial charge on any atom is 0.249 e. The van der Waals surface area contributed by atoms with Crippen LogP contribution in [0.4, 0.5) is 0 Å². The molecule has 0 saturated carbocycles. The Hall–Kier alpha value is -1.27. The van der Waals surface area contributed by atoms with Crippen LogP contribution in [-0.4, -0.2) is 24.6 Å². The summed E-state index contributed by atoms with van der Waals surface area (Å²) in [4.78, 5) is 12.1. The normalized spacial score (nSPS) is 22.3. The molecule has 0 saturated heterocycles. The maximum atomic E-state index is 12.1. The van der Waals surface area contributed by atoms with Crippen LogP contribution in [0.5, 0.6) is 0 Å². The Balaban J connectivity index is 2.93. The lowest BCUT2D eigenvalue weighted by Gasteiger charge is -2.37. The van der Waals surface area contributed by atoms with Gasteiger partial charge in [-0.15, -0.1) is 0 Å². The van der Waals surface area contributed by atoms with Gasteiger partial charge in [-0.2, -0.15) is 0 Å². The fraction of sp³-hybridized carbons (Fsp3) is 0.667. The van der Waals surface area contributed by atoms with Crippen LogP contribution in [0, 0.1) is 11.8 Å². The molecule has 0 N–H and O–H groups in total. The van der Waals surface area contributed by atoms with Crippen LogP contribution < -0.4 is 0 Å². The van der Waals surface area contributed by atoms with Crippen molar-refractivity contribution in [3.63, 3.8) is 0 Å². The van der Waals surface area contributed by atoms with Crippen LogP contribution in [-0.2, 0) is 14.3 Å². The summed E-state index contributed by atoms with van der Waals surface area (Å²) < 4.78 is 11.1. The van der Waals surface area contributed by atoms with Crippen LogP contribution in [0.3, 0.4) is 0 Å². The van der Waals surface area contributed by atoms with Crippen LogP contribution in [0.1, 0.15) is 47.0 Å². The summed E-state index contributed by atoms with van der Waals surface area (Å²) in [5.74, 6) is 6.56. The highest BCUT2D eigenvalue weighted by Gasteiger charge is 2.54. The zero-order valence-corrected chi connectivity index (χ0v) is 11.8. The van der Waals surface area contributed by atoms with E-state index in [1.54, 1.807) is 6.92 Å². The fourth-order valence-electron chi connectivity index (χ4n) is 1.98. The quantitative estimate of drug-likeness (QED) is 0.537. The standard InChI is InChI=1S/C15H22O3/c1-5-8-9-10-11-15(18-7-3)13(16)12(4)14(15)17-6-2/h5-9H2,1-4H3. The van der Waals surface area contributed by atoms with Crippen molar-refractivity contribution in [1.29, 1.82) is 0 Å². The van der Waals surface area contributed by atoms with Crippen molar-refractivity contribution >= 4 is 5.78 Å². The van der Waals surface area contributed by atoms with Gasteiger partial charge in [-0.3, -0.25) is 4.79 Å². The highest BCUT2D eigenvalue weighted by molar-refractivity contribution is 6.13. The van der Waals surface area contributed by atoms with Crippen molar-refractivity contribution < 1.29 is 14.3 Å². The Bertz CT molecular complexity index is 398. The minimum atomic E-state index is -1.12. The molecule has 1 aliphatic carbocycles. The van der Waals surface area contributed by atoms with Crippen LogP contribution >= 0.6 is 0 Å². The average molecular weight is 250 g/mol. The number of carbonyl (C=O) groups is 1. The minimum absolute atomic E-state index is 0.0585. The minimum Gasteiger partial charge on any atom is -0.493 e. The molecule has 0 aromatic heterocycles. The third-order valence-corrected chi connectivity index (χ3v) is 2.89. The van der Waals surface area contributed by atoms with E-state index in [1.165, 1.54) is 0 Å². The van der Waals surface area contributed by atoms with Crippen molar-refractivity contribution in [2.75, 3.05) is 13.2 Å². The van der Waals surface area contributed by atoms with Crippen LogP contribution in [0.15, 0.2) is 11.3 Å². The van der Waals surface area contributed by atoms with Gasteiger partial charge in [0.2, 0.25) is 11.4 Å². The second-order valence-corrected chi connectivity index (χ2v) is 4.24. The SMILES string of the molecule is CCCCC#CC1(OCC)C(=O)C(C)=C1OCC. The first-order chi connectivity index (χ1) is 8.64.